The van der Waals surface area contributed by atoms with Crippen molar-refractivity contribution in [2.24, 2.45) is 0 Å². The van der Waals surface area contributed by atoms with Gasteiger partial charge in [-0.25, -0.2) is 12.8 Å². The van der Waals surface area contributed by atoms with E-state index in [9.17, 15) is 17.6 Å². The highest BCUT2D eigenvalue weighted by molar-refractivity contribution is 7.92. The molecule has 1 amide bonds. The van der Waals surface area contributed by atoms with Gasteiger partial charge in [-0.2, -0.15) is 0 Å². The lowest BCUT2D eigenvalue weighted by atomic mass is 10.2. The number of sulfonamides is 1. The van der Waals surface area contributed by atoms with Crippen LogP contribution < -0.4 is 9.62 Å². The summed E-state index contributed by atoms with van der Waals surface area (Å²) in [6.45, 7) is 5.54. The third-order valence-corrected chi connectivity index (χ3v) is 6.21. The molecule has 0 aromatic heterocycles. The average Bonchev–Trinajstić information content (AvgIpc) is 2.74. The number of amides is 1. The number of anilines is 2. The summed E-state index contributed by atoms with van der Waals surface area (Å²) >= 11 is 0. The van der Waals surface area contributed by atoms with E-state index in [-0.39, 0.29) is 17.0 Å². The first kappa shape index (κ1) is 21.3. The van der Waals surface area contributed by atoms with Crippen molar-refractivity contribution in [2.45, 2.75) is 11.8 Å². The van der Waals surface area contributed by atoms with Crippen LogP contribution in [0.25, 0.3) is 0 Å². The average molecular weight is 424 g/mol. The maximum absolute atomic E-state index is 14.4. The second-order valence-corrected chi connectivity index (χ2v) is 8.48. The van der Waals surface area contributed by atoms with Gasteiger partial charge in [0.05, 0.1) is 22.7 Å². The molecule has 0 spiro atoms. The van der Waals surface area contributed by atoms with E-state index in [2.05, 4.69) is 11.9 Å². The summed E-state index contributed by atoms with van der Waals surface area (Å²) < 4.78 is 42.0. The Morgan fingerprint density at radius 1 is 1.07 bits per heavy atom. The van der Waals surface area contributed by atoms with Gasteiger partial charge >= 0.3 is 0 Å². The first-order valence-corrected chi connectivity index (χ1v) is 10.6. The molecule has 3 rings (SSSR count). The van der Waals surface area contributed by atoms with Crippen molar-refractivity contribution in [3.05, 3.63) is 102 Å². The Balaban J connectivity index is 1.97. The highest BCUT2D eigenvalue weighted by atomic mass is 32.2. The monoisotopic (exact) mass is 424 g/mol. The zero-order valence-corrected chi connectivity index (χ0v) is 17.2. The van der Waals surface area contributed by atoms with Gasteiger partial charge < -0.3 is 5.32 Å². The molecular formula is C23H21FN2O3S. The van der Waals surface area contributed by atoms with Crippen LogP contribution in [0, 0.1) is 12.7 Å². The Morgan fingerprint density at radius 3 is 2.37 bits per heavy atom. The van der Waals surface area contributed by atoms with Crippen molar-refractivity contribution in [1.82, 2.24) is 0 Å². The van der Waals surface area contributed by atoms with E-state index in [1.165, 1.54) is 6.08 Å². The van der Waals surface area contributed by atoms with E-state index >= 15 is 0 Å². The molecule has 0 heterocycles. The number of rotatable bonds is 7. The summed E-state index contributed by atoms with van der Waals surface area (Å²) in [4.78, 5) is 12.4. The van der Waals surface area contributed by atoms with Crippen molar-refractivity contribution in [1.29, 1.82) is 0 Å². The van der Waals surface area contributed by atoms with Gasteiger partial charge in [0.25, 0.3) is 15.9 Å². The highest BCUT2D eigenvalue weighted by Crippen LogP contribution is 2.25. The maximum atomic E-state index is 14.4. The van der Waals surface area contributed by atoms with E-state index in [1.54, 1.807) is 54.6 Å². The molecule has 0 aliphatic heterocycles. The van der Waals surface area contributed by atoms with E-state index in [0.717, 1.165) is 28.1 Å². The van der Waals surface area contributed by atoms with Gasteiger partial charge in [0.1, 0.15) is 5.82 Å². The number of carbonyl (C=O) groups excluding carboxylic acids is 1. The fourth-order valence-electron chi connectivity index (χ4n) is 2.86. The van der Waals surface area contributed by atoms with E-state index in [1.807, 2.05) is 6.92 Å². The molecule has 5 nitrogen and oxygen atoms in total. The van der Waals surface area contributed by atoms with Gasteiger partial charge in [-0.1, -0.05) is 42.0 Å². The largest absolute Gasteiger partial charge is 0.322 e. The molecular weight excluding hydrogens is 403 g/mol. The van der Waals surface area contributed by atoms with Crippen molar-refractivity contribution in [3.63, 3.8) is 0 Å². The molecule has 0 fully saturated rings. The molecule has 0 bridgehead atoms. The number of hydrogen-bond acceptors (Lipinski definition) is 3. The van der Waals surface area contributed by atoms with E-state index < -0.39 is 21.7 Å². The third-order valence-electron chi connectivity index (χ3n) is 4.42. The number of carbonyl (C=O) groups is 1. The number of halogens is 1. The number of benzene rings is 3. The van der Waals surface area contributed by atoms with Crippen LogP contribution in [0.4, 0.5) is 15.8 Å². The summed E-state index contributed by atoms with van der Waals surface area (Å²) in [6.07, 6.45) is 1.46. The lowest BCUT2D eigenvalue weighted by Gasteiger charge is -2.23. The number of nitrogens with one attached hydrogen (secondary N) is 1. The van der Waals surface area contributed by atoms with Gasteiger partial charge in [-0.05, 0) is 49.4 Å². The van der Waals surface area contributed by atoms with Crippen molar-refractivity contribution >= 4 is 27.3 Å². The van der Waals surface area contributed by atoms with Crippen LogP contribution in [0.5, 0.6) is 0 Å². The summed E-state index contributed by atoms with van der Waals surface area (Å²) in [7, 11) is -4.05. The van der Waals surface area contributed by atoms with E-state index in [4.69, 9.17) is 0 Å². The van der Waals surface area contributed by atoms with Crippen LogP contribution in [0.3, 0.4) is 0 Å². The normalized spacial score (nSPS) is 11.0. The van der Waals surface area contributed by atoms with Gasteiger partial charge in [-0.15, -0.1) is 6.58 Å². The smallest absolute Gasteiger partial charge is 0.264 e. The minimum atomic E-state index is -4.05. The third kappa shape index (κ3) is 4.58. The Labute approximate surface area is 175 Å². The van der Waals surface area contributed by atoms with E-state index in [0.29, 0.717) is 11.4 Å². The van der Waals surface area contributed by atoms with Crippen LogP contribution in [0.15, 0.2) is 90.3 Å². The predicted molar refractivity (Wildman–Crippen MR) is 117 cm³/mol. The zero-order valence-electron chi connectivity index (χ0n) is 16.4. The first-order valence-electron chi connectivity index (χ1n) is 9.19. The number of para-hydroxylation sites is 1. The zero-order chi connectivity index (χ0) is 21.7. The minimum Gasteiger partial charge on any atom is -0.322 e. The fraction of sp³-hybridized carbons (Fsp3) is 0.0870. The van der Waals surface area contributed by atoms with Crippen LogP contribution >= 0.6 is 0 Å². The molecule has 0 unspecified atom stereocenters. The highest BCUT2D eigenvalue weighted by Gasteiger charge is 2.26. The summed E-state index contributed by atoms with van der Waals surface area (Å²) in [5.41, 5.74) is 1.57. The lowest BCUT2D eigenvalue weighted by Crippen LogP contribution is -2.31. The number of aryl methyl sites for hydroxylation is 1. The van der Waals surface area contributed by atoms with Crippen LogP contribution in [0.2, 0.25) is 0 Å². The molecule has 0 saturated heterocycles. The lowest BCUT2D eigenvalue weighted by molar-refractivity contribution is 0.102. The van der Waals surface area contributed by atoms with Crippen LogP contribution in [-0.4, -0.2) is 20.9 Å². The molecule has 0 atom stereocenters. The number of hydrogen-bond donors (Lipinski definition) is 1. The maximum Gasteiger partial charge on any atom is 0.264 e. The van der Waals surface area contributed by atoms with Crippen molar-refractivity contribution in [2.75, 3.05) is 16.2 Å². The van der Waals surface area contributed by atoms with Crippen molar-refractivity contribution < 1.29 is 17.6 Å². The molecule has 0 aliphatic rings. The van der Waals surface area contributed by atoms with Crippen LogP contribution in [-0.2, 0) is 10.0 Å². The summed E-state index contributed by atoms with van der Waals surface area (Å²) in [5.74, 6) is -1.54. The number of nitrogens with zero attached hydrogens (tertiary/aromatic N) is 1. The second-order valence-electron chi connectivity index (χ2n) is 6.62. The minimum absolute atomic E-state index is 0.0224. The van der Waals surface area contributed by atoms with Gasteiger partial charge in [0.15, 0.2) is 0 Å². The van der Waals surface area contributed by atoms with Crippen LogP contribution in [0.1, 0.15) is 15.9 Å². The topological polar surface area (TPSA) is 66.5 Å². The molecule has 3 aromatic rings. The molecule has 0 aliphatic carbocycles. The van der Waals surface area contributed by atoms with Gasteiger partial charge in [-0.3, -0.25) is 9.10 Å². The fourth-order valence-corrected chi connectivity index (χ4v) is 4.32. The standard InChI is InChI=1S/C23H21FN2O3S/c1-3-15-26(19-7-5-4-6-8-19)30(28,29)20-13-14-22(24)21(16-20)23(27)25-18-11-9-17(2)10-12-18/h3-14,16H,1,15H2,2H3,(H,25,27). The summed E-state index contributed by atoms with van der Waals surface area (Å²) in [6, 6.07) is 18.7. The van der Waals surface area contributed by atoms with Gasteiger partial charge in [0.2, 0.25) is 0 Å². The second kappa shape index (κ2) is 8.92. The molecule has 0 saturated carbocycles. The Hall–Kier alpha value is -3.45. The van der Waals surface area contributed by atoms with Crippen molar-refractivity contribution in [3.8, 4) is 0 Å². The quantitative estimate of drug-likeness (QED) is 0.556. The molecule has 154 valence electrons. The van der Waals surface area contributed by atoms with Gasteiger partial charge in [0, 0.05) is 5.69 Å². The molecule has 1 N–H and O–H groups in total. The molecule has 7 heteroatoms. The Bertz CT molecular complexity index is 1160. The SMILES string of the molecule is C=CCN(c1ccccc1)S(=O)(=O)c1ccc(F)c(C(=O)Nc2ccc(C)cc2)c1. The Morgan fingerprint density at radius 2 is 1.73 bits per heavy atom. The molecule has 0 radical (unpaired) electrons. The summed E-state index contributed by atoms with van der Waals surface area (Å²) in [5, 5.41) is 2.59. The Kier molecular flexibility index (Phi) is 6.32. The molecule has 30 heavy (non-hydrogen) atoms. The predicted octanol–water partition coefficient (Wildman–Crippen LogP) is 4.77. The molecule has 3 aromatic carbocycles. The first-order chi connectivity index (χ1) is 14.3.